The molecule has 9 aliphatic rings. The summed E-state index contributed by atoms with van der Waals surface area (Å²) in [7, 11) is 0. The fourth-order valence-corrected chi connectivity index (χ4v) is 14.0. The smallest absolute Gasteiger partial charge is 0.100 e. The summed E-state index contributed by atoms with van der Waals surface area (Å²) in [4.78, 5) is 2.52. The maximum absolute atomic E-state index is 8.22. The SMILES string of the molecule is c1ccc(-c2ccc(N(c3ccc(-c4ccccc4)cc3)c3ccc4c(c3)C3(OC45C4CC6CC(C4)CC5C6)C4CC5CC(C4)CC3C5)cc2)cc1. The molecule has 2 spiro atoms. The number of rotatable bonds is 5. The van der Waals surface area contributed by atoms with Crippen LogP contribution in [0, 0.1) is 47.3 Å². The fraction of sp³-hybridized carbons (Fsp3) is 0.400. The number of fused-ring (bicyclic) bond motifs is 1. The number of hydrogen-bond acceptors (Lipinski definition) is 2. The molecule has 52 heavy (non-hydrogen) atoms. The van der Waals surface area contributed by atoms with E-state index in [4.69, 9.17) is 4.74 Å². The van der Waals surface area contributed by atoms with Crippen molar-refractivity contribution in [3.63, 3.8) is 0 Å². The second-order valence-electron chi connectivity index (χ2n) is 18.2. The van der Waals surface area contributed by atoms with Crippen molar-refractivity contribution in [2.45, 2.75) is 75.4 Å². The average molecular weight is 680 g/mol. The minimum Gasteiger partial charge on any atom is -0.358 e. The zero-order valence-electron chi connectivity index (χ0n) is 30.2. The first kappa shape index (κ1) is 30.3. The monoisotopic (exact) mass is 679 g/mol. The lowest BCUT2D eigenvalue weighted by Gasteiger charge is -2.64. The normalized spacial score (nSPS) is 35.8. The van der Waals surface area contributed by atoms with Gasteiger partial charge < -0.3 is 9.64 Å². The second kappa shape index (κ2) is 11.2. The van der Waals surface area contributed by atoms with Crippen LogP contribution in [-0.4, -0.2) is 0 Å². The first-order chi connectivity index (χ1) is 25.6. The van der Waals surface area contributed by atoms with Crippen LogP contribution < -0.4 is 4.90 Å². The lowest BCUT2D eigenvalue weighted by atomic mass is 9.48. The van der Waals surface area contributed by atoms with Crippen LogP contribution in [0.5, 0.6) is 0 Å². The number of benzene rings is 5. The number of hydrogen-bond donors (Lipinski definition) is 0. The van der Waals surface area contributed by atoms with Gasteiger partial charge in [-0.25, -0.2) is 0 Å². The van der Waals surface area contributed by atoms with E-state index in [-0.39, 0.29) is 11.2 Å². The molecule has 8 aliphatic carbocycles. The molecule has 0 saturated heterocycles. The van der Waals surface area contributed by atoms with E-state index in [1.54, 1.807) is 11.1 Å². The molecule has 0 radical (unpaired) electrons. The van der Waals surface area contributed by atoms with Gasteiger partial charge in [-0.05, 0) is 181 Å². The van der Waals surface area contributed by atoms with Crippen LogP contribution in [0.2, 0.25) is 0 Å². The molecule has 2 heteroatoms. The van der Waals surface area contributed by atoms with Crippen LogP contribution in [0.25, 0.3) is 22.3 Å². The van der Waals surface area contributed by atoms with Gasteiger partial charge in [0.15, 0.2) is 0 Å². The molecule has 2 nitrogen and oxygen atoms in total. The van der Waals surface area contributed by atoms with Gasteiger partial charge in [0.25, 0.3) is 0 Å². The predicted octanol–water partition coefficient (Wildman–Crippen LogP) is 12.8. The summed E-state index contributed by atoms with van der Waals surface area (Å²) >= 11 is 0. The maximum Gasteiger partial charge on any atom is 0.100 e. The average Bonchev–Trinajstić information content (AvgIpc) is 3.48. The summed E-state index contributed by atoms with van der Waals surface area (Å²) in [6, 6.07) is 47.8. The van der Waals surface area contributed by atoms with E-state index in [1.807, 2.05) is 0 Å². The van der Waals surface area contributed by atoms with E-state index in [2.05, 4.69) is 132 Å². The van der Waals surface area contributed by atoms with Gasteiger partial charge in [-0.1, -0.05) is 91.0 Å². The molecule has 1 heterocycles. The van der Waals surface area contributed by atoms with E-state index in [0.717, 1.165) is 23.7 Å². The van der Waals surface area contributed by atoms with Gasteiger partial charge in [0, 0.05) is 17.1 Å². The molecule has 0 amide bonds. The fourth-order valence-electron chi connectivity index (χ4n) is 14.0. The van der Waals surface area contributed by atoms with Crippen LogP contribution in [0.1, 0.15) is 75.3 Å². The molecule has 5 aromatic carbocycles. The summed E-state index contributed by atoms with van der Waals surface area (Å²) in [5, 5.41) is 0. The molecular weight excluding hydrogens is 631 g/mol. The van der Waals surface area contributed by atoms with Crippen molar-refractivity contribution in [1.29, 1.82) is 0 Å². The van der Waals surface area contributed by atoms with E-state index >= 15 is 0 Å². The minimum absolute atomic E-state index is 0.0733. The molecule has 0 N–H and O–H groups in total. The molecule has 0 unspecified atom stereocenters. The molecule has 8 bridgehead atoms. The third-order valence-corrected chi connectivity index (χ3v) is 15.6. The summed E-state index contributed by atoms with van der Waals surface area (Å²) in [5.41, 5.74) is 11.7. The Kier molecular flexibility index (Phi) is 6.53. The van der Waals surface area contributed by atoms with Crippen molar-refractivity contribution in [3.05, 3.63) is 139 Å². The zero-order valence-corrected chi connectivity index (χ0v) is 30.2. The minimum atomic E-state index is -0.117. The van der Waals surface area contributed by atoms with Gasteiger partial charge in [0.1, 0.15) is 11.2 Å². The van der Waals surface area contributed by atoms with Gasteiger partial charge in [-0.3, -0.25) is 0 Å². The van der Waals surface area contributed by atoms with E-state index < -0.39 is 0 Å². The maximum atomic E-state index is 8.22. The van der Waals surface area contributed by atoms with E-state index in [9.17, 15) is 0 Å². The van der Waals surface area contributed by atoms with Gasteiger partial charge in [0.05, 0.1) is 0 Å². The Bertz CT molecular complexity index is 1990. The van der Waals surface area contributed by atoms with Crippen molar-refractivity contribution in [1.82, 2.24) is 0 Å². The van der Waals surface area contributed by atoms with Crippen molar-refractivity contribution in [2.75, 3.05) is 4.90 Å². The second-order valence-corrected chi connectivity index (χ2v) is 18.2. The molecule has 5 aromatic rings. The van der Waals surface area contributed by atoms with Gasteiger partial charge >= 0.3 is 0 Å². The Morgan fingerprint density at radius 2 is 0.731 bits per heavy atom. The highest BCUT2D eigenvalue weighted by Crippen LogP contribution is 2.74. The molecule has 14 rings (SSSR count). The van der Waals surface area contributed by atoms with E-state index in [0.29, 0.717) is 23.7 Å². The number of anilines is 3. The number of ether oxygens (including phenoxy) is 1. The first-order valence-corrected chi connectivity index (χ1v) is 20.6. The topological polar surface area (TPSA) is 12.5 Å². The van der Waals surface area contributed by atoms with Crippen LogP contribution in [0.4, 0.5) is 17.1 Å². The largest absolute Gasteiger partial charge is 0.358 e. The predicted molar refractivity (Wildman–Crippen MR) is 211 cm³/mol. The van der Waals surface area contributed by atoms with Crippen LogP contribution in [0.15, 0.2) is 127 Å². The molecule has 0 atom stereocenters. The van der Waals surface area contributed by atoms with E-state index in [1.165, 1.54) is 104 Å². The lowest BCUT2D eigenvalue weighted by Crippen LogP contribution is -2.60. The third kappa shape index (κ3) is 4.28. The highest BCUT2D eigenvalue weighted by molar-refractivity contribution is 5.80. The molecule has 0 aromatic heterocycles. The Hall–Kier alpha value is -4.14. The molecule has 1 aliphatic heterocycles. The van der Waals surface area contributed by atoms with Crippen LogP contribution in [-0.2, 0) is 15.9 Å². The Balaban J connectivity index is 1.02. The Morgan fingerprint density at radius 1 is 0.365 bits per heavy atom. The quantitative estimate of drug-likeness (QED) is 0.183. The van der Waals surface area contributed by atoms with Crippen LogP contribution >= 0.6 is 0 Å². The summed E-state index contributed by atoms with van der Waals surface area (Å²) in [6.45, 7) is 0. The van der Waals surface area contributed by atoms with Crippen molar-refractivity contribution < 1.29 is 4.74 Å². The van der Waals surface area contributed by atoms with Crippen molar-refractivity contribution in [3.8, 4) is 22.3 Å². The van der Waals surface area contributed by atoms with Crippen LogP contribution in [0.3, 0.4) is 0 Å². The summed E-state index contributed by atoms with van der Waals surface area (Å²) < 4.78 is 8.22. The number of nitrogens with zero attached hydrogens (tertiary/aromatic N) is 1. The molecule has 260 valence electrons. The van der Waals surface area contributed by atoms with Crippen molar-refractivity contribution in [2.24, 2.45) is 47.3 Å². The third-order valence-electron chi connectivity index (χ3n) is 15.6. The summed E-state index contributed by atoms with van der Waals surface area (Å²) in [5.74, 6) is 6.41. The molecule has 8 saturated carbocycles. The highest BCUT2D eigenvalue weighted by Gasteiger charge is 2.71. The Labute approximate surface area is 309 Å². The first-order valence-electron chi connectivity index (χ1n) is 20.6. The lowest BCUT2D eigenvalue weighted by molar-refractivity contribution is -0.304. The van der Waals surface area contributed by atoms with Gasteiger partial charge in [-0.15, -0.1) is 0 Å². The van der Waals surface area contributed by atoms with Crippen molar-refractivity contribution >= 4 is 17.1 Å². The highest BCUT2D eigenvalue weighted by atomic mass is 16.5. The summed E-state index contributed by atoms with van der Waals surface area (Å²) in [6.07, 6.45) is 14.0. The molecular formula is C50H49NO. The Morgan fingerprint density at radius 3 is 1.15 bits per heavy atom. The molecule has 8 fully saturated rings. The van der Waals surface area contributed by atoms with Gasteiger partial charge in [-0.2, -0.15) is 0 Å². The standard InChI is InChI=1S/C50H49NO/c1-3-7-36(8-4-1)38-11-15-44(16-12-38)51(45-17-13-39(14-18-45)37-9-5-2-6-10-37)46-19-20-47-48(31-46)50(42-27-34-22-35(29-42)30-43(50)28-34)52-49(47)40-23-32-21-33(25-40)26-41(49)24-32/h1-20,31-35,40-43H,21-30H2. The van der Waals surface area contributed by atoms with Gasteiger partial charge in [0.2, 0.25) is 0 Å². The zero-order chi connectivity index (χ0) is 34.0.